The Morgan fingerprint density at radius 1 is 0.935 bits per heavy atom. The van der Waals surface area contributed by atoms with Crippen LogP contribution in [0.15, 0.2) is 79.1 Å². The second-order valence-corrected chi connectivity index (χ2v) is 14.9. The molecule has 1 fully saturated rings. The molecular weight excluding hydrogens is 816 g/mol. The summed E-state index contributed by atoms with van der Waals surface area (Å²) in [4.78, 5) is 77.1. The Morgan fingerprint density at radius 3 is 2.53 bits per heavy atom. The molecule has 318 valence electrons. The summed E-state index contributed by atoms with van der Waals surface area (Å²) in [5.74, 6) is -1.20. The zero-order valence-corrected chi connectivity index (χ0v) is 34.7. The monoisotopic (exact) mass is 858 g/mol. The van der Waals surface area contributed by atoms with Crippen LogP contribution in [0.3, 0.4) is 0 Å². The van der Waals surface area contributed by atoms with Crippen LogP contribution in [-0.2, 0) is 43.3 Å². The first-order valence-electron chi connectivity index (χ1n) is 20.2. The van der Waals surface area contributed by atoms with Crippen molar-refractivity contribution in [1.82, 2.24) is 20.2 Å². The number of pyridine rings is 2. The van der Waals surface area contributed by atoms with Crippen LogP contribution in [0, 0.1) is 6.57 Å². The maximum absolute atomic E-state index is 13.3. The average Bonchev–Trinajstić information content (AvgIpc) is 3.52. The van der Waals surface area contributed by atoms with Crippen molar-refractivity contribution in [2.24, 2.45) is 0 Å². The Morgan fingerprint density at radius 2 is 1.77 bits per heavy atom. The lowest BCUT2D eigenvalue weighted by Crippen LogP contribution is -2.54. The Bertz CT molecular complexity index is 2560. The SMILES string of the molecule is [C-]#[N+]c1cnc2cc(OCC)c(CC(=O)CCOCCOCCCc3cccc4c3C(=O)N(C3CCC(=O)NC3=O)C4=O)cc2c1Nc1ccc(OCc2ccccn2)c(Cl)c1. The number of ether oxygens (including phenoxy) is 4. The van der Waals surface area contributed by atoms with Gasteiger partial charge in [0.05, 0.1) is 66.0 Å². The van der Waals surface area contributed by atoms with Crippen LogP contribution in [0.4, 0.5) is 17.1 Å². The minimum Gasteiger partial charge on any atom is -0.494 e. The van der Waals surface area contributed by atoms with Crippen LogP contribution in [0.1, 0.15) is 70.1 Å². The highest BCUT2D eigenvalue weighted by atomic mass is 35.5. The van der Waals surface area contributed by atoms with E-state index in [-0.39, 0.29) is 68.1 Å². The molecule has 1 unspecified atom stereocenters. The molecule has 2 N–H and O–H groups in total. The summed E-state index contributed by atoms with van der Waals surface area (Å²) in [5, 5.41) is 6.55. The molecule has 3 aromatic carbocycles. The number of benzene rings is 3. The molecular formula is C46H43ClN6O9. The van der Waals surface area contributed by atoms with Crippen molar-refractivity contribution < 1.29 is 42.9 Å². The van der Waals surface area contributed by atoms with Gasteiger partial charge < -0.3 is 24.3 Å². The summed E-state index contributed by atoms with van der Waals surface area (Å²) in [7, 11) is 0. The molecule has 15 nitrogen and oxygen atoms in total. The lowest BCUT2D eigenvalue weighted by atomic mass is 9.99. The molecule has 1 atom stereocenters. The van der Waals surface area contributed by atoms with Crippen molar-refractivity contribution >= 4 is 69.0 Å². The summed E-state index contributed by atoms with van der Waals surface area (Å²) in [6.07, 6.45) is 4.60. The maximum Gasteiger partial charge on any atom is 0.262 e. The minimum absolute atomic E-state index is 0.0544. The molecule has 5 aromatic rings. The number of Topliss-reactive ketones (excluding diaryl/α,β-unsaturated/α-hetero) is 1. The van der Waals surface area contributed by atoms with Crippen molar-refractivity contribution in [2.75, 3.05) is 38.4 Å². The maximum atomic E-state index is 13.3. The number of aromatic nitrogens is 2. The van der Waals surface area contributed by atoms with Gasteiger partial charge in [-0.3, -0.25) is 44.2 Å². The van der Waals surface area contributed by atoms with Gasteiger partial charge in [0.15, 0.2) is 0 Å². The first-order valence-corrected chi connectivity index (χ1v) is 20.6. The number of halogens is 1. The Hall–Kier alpha value is -6.73. The fraction of sp³-hybridized carbons (Fsp3) is 0.304. The standard InChI is InChI=1S/C46H43ClN6O9/c1-3-61-40-25-36-34(43(37(48-2)26-50-36)51-30-12-14-39(35(47)24-30)62-27-31-10-4-5-17-49-31)23-29(40)22-32(54)16-19-60-21-20-59-18-7-9-28-8-6-11-33-42(28)46(58)53(45(33)57)38-13-15-41(55)52-44(38)56/h4-6,8,10-12,14,17,23-26,38H,3,7,9,13,15-16,18-22,27H2,1H3,(H,50,51)(H,52,55,56). The van der Waals surface area contributed by atoms with E-state index in [1.807, 2.05) is 31.2 Å². The number of hydrogen-bond acceptors (Lipinski definition) is 12. The molecule has 4 amide bonds. The third kappa shape index (κ3) is 10.1. The number of hydrogen-bond donors (Lipinski definition) is 2. The van der Waals surface area contributed by atoms with Gasteiger partial charge in [-0.15, -0.1) is 0 Å². The van der Waals surface area contributed by atoms with Gasteiger partial charge in [0.2, 0.25) is 17.5 Å². The summed E-state index contributed by atoms with van der Waals surface area (Å²) in [6.45, 7) is 11.4. The summed E-state index contributed by atoms with van der Waals surface area (Å²) < 4.78 is 23.2. The predicted octanol–water partition coefficient (Wildman–Crippen LogP) is 7.12. The minimum atomic E-state index is -1.02. The third-order valence-corrected chi connectivity index (χ3v) is 10.6. The normalized spacial score (nSPS) is 14.7. The van der Waals surface area contributed by atoms with Gasteiger partial charge in [0, 0.05) is 61.0 Å². The molecule has 2 aliphatic rings. The van der Waals surface area contributed by atoms with Gasteiger partial charge in [-0.1, -0.05) is 29.8 Å². The third-order valence-electron chi connectivity index (χ3n) is 10.3. The van der Waals surface area contributed by atoms with Crippen LogP contribution in [0.25, 0.3) is 15.7 Å². The van der Waals surface area contributed by atoms with E-state index in [9.17, 15) is 24.0 Å². The van der Waals surface area contributed by atoms with E-state index in [2.05, 4.69) is 25.4 Å². The topological polar surface area (TPSA) is 180 Å². The largest absolute Gasteiger partial charge is 0.494 e. The van der Waals surface area contributed by atoms with E-state index in [0.29, 0.717) is 82.6 Å². The molecule has 0 radical (unpaired) electrons. The number of anilines is 2. The van der Waals surface area contributed by atoms with Gasteiger partial charge in [-0.05, 0) is 74.2 Å². The fourth-order valence-corrected chi connectivity index (χ4v) is 7.58. The molecule has 2 aromatic heterocycles. The Kier molecular flexibility index (Phi) is 14.1. The zero-order valence-electron chi connectivity index (χ0n) is 33.9. The number of ketones is 1. The highest BCUT2D eigenvalue weighted by molar-refractivity contribution is 6.32. The van der Waals surface area contributed by atoms with Gasteiger partial charge >= 0.3 is 0 Å². The number of rotatable bonds is 20. The van der Waals surface area contributed by atoms with E-state index in [4.69, 9.17) is 37.1 Å². The van der Waals surface area contributed by atoms with Crippen LogP contribution in [0.2, 0.25) is 5.02 Å². The van der Waals surface area contributed by atoms with E-state index < -0.39 is 29.7 Å². The number of carbonyl (C=O) groups is 5. The molecule has 0 spiro atoms. The van der Waals surface area contributed by atoms with Gasteiger partial charge in [0.25, 0.3) is 11.8 Å². The molecule has 62 heavy (non-hydrogen) atoms. The number of amides is 4. The van der Waals surface area contributed by atoms with Crippen molar-refractivity contribution in [1.29, 1.82) is 0 Å². The first-order chi connectivity index (χ1) is 30.1. The summed E-state index contributed by atoms with van der Waals surface area (Å²) >= 11 is 6.59. The summed E-state index contributed by atoms with van der Waals surface area (Å²) in [5.41, 5.74) is 4.62. The number of aryl methyl sites for hydroxylation is 1. The van der Waals surface area contributed by atoms with Gasteiger partial charge in [0.1, 0.15) is 29.9 Å². The van der Waals surface area contributed by atoms with E-state index >= 15 is 0 Å². The van der Waals surface area contributed by atoms with Crippen LogP contribution in [-0.4, -0.2) is 83.4 Å². The highest BCUT2D eigenvalue weighted by Gasteiger charge is 2.45. The number of nitrogens with zero attached hydrogens (tertiary/aromatic N) is 4. The second kappa shape index (κ2) is 20.2. The number of nitrogens with one attached hydrogen (secondary N) is 2. The predicted molar refractivity (Wildman–Crippen MR) is 229 cm³/mol. The molecule has 0 saturated carbocycles. The molecule has 4 heterocycles. The van der Waals surface area contributed by atoms with Gasteiger partial charge in [-0.25, -0.2) is 4.85 Å². The number of fused-ring (bicyclic) bond motifs is 2. The van der Waals surface area contributed by atoms with Crippen molar-refractivity contribution in [3.63, 3.8) is 0 Å². The molecule has 0 bridgehead atoms. The molecule has 7 rings (SSSR count). The second-order valence-electron chi connectivity index (χ2n) is 14.5. The van der Waals surface area contributed by atoms with Crippen LogP contribution in [0.5, 0.6) is 11.5 Å². The van der Waals surface area contributed by atoms with Gasteiger partial charge in [-0.2, -0.15) is 0 Å². The van der Waals surface area contributed by atoms with E-state index in [0.717, 1.165) is 10.6 Å². The molecule has 2 aliphatic heterocycles. The van der Waals surface area contributed by atoms with Crippen molar-refractivity contribution in [3.8, 4) is 11.5 Å². The van der Waals surface area contributed by atoms with Crippen molar-refractivity contribution in [2.45, 2.75) is 58.1 Å². The van der Waals surface area contributed by atoms with E-state index in [1.54, 1.807) is 48.7 Å². The highest BCUT2D eigenvalue weighted by Crippen LogP contribution is 2.39. The summed E-state index contributed by atoms with van der Waals surface area (Å²) in [6, 6.07) is 18.5. The van der Waals surface area contributed by atoms with E-state index in [1.165, 1.54) is 6.20 Å². The Balaban J connectivity index is 0.889. The lowest BCUT2D eigenvalue weighted by Gasteiger charge is -2.27. The van der Waals surface area contributed by atoms with Crippen LogP contribution >= 0.6 is 11.6 Å². The number of carbonyl (C=O) groups excluding carboxylic acids is 5. The number of piperidine rings is 1. The number of imide groups is 2. The average molecular weight is 859 g/mol. The molecule has 1 saturated heterocycles. The lowest BCUT2D eigenvalue weighted by molar-refractivity contribution is -0.136. The van der Waals surface area contributed by atoms with Crippen molar-refractivity contribution in [3.05, 3.63) is 124 Å². The Labute approximate surface area is 362 Å². The smallest absolute Gasteiger partial charge is 0.262 e. The fourth-order valence-electron chi connectivity index (χ4n) is 7.34. The molecule has 0 aliphatic carbocycles. The van der Waals surface area contributed by atoms with Crippen LogP contribution < -0.4 is 20.1 Å². The zero-order chi connectivity index (χ0) is 43.6. The molecule has 16 heteroatoms. The first kappa shape index (κ1) is 43.4. The quantitative estimate of drug-likeness (QED) is 0.0461.